The highest BCUT2D eigenvalue weighted by Gasteiger charge is 2.11. The topological polar surface area (TPSA) is 65.6 Å². The highest BCUT2D eigenvalue weighted by Crippen LogP contribution is 2.19. The number of pyridine rings is 1. The van der Waals surface area contributed by atoms with Crippen LogP contribution < -0.4 is 5.56 Å². The molecule has 0 N–H and O–H groups in total. The fourth-order valence-corrected chi connectivity index (χ4v) is 2.93. The zero-order chi connectivity index (χ0) is 15.1. The fraction of sp³-hybridized carbons (Fsp3) is 0.231. The number of rotatable bonds is 2. The molecule has 108 valence electrons. The standard InChI is InChI=1S/C13H11BrClN5O/c1-7-3-8(14)5-20(13(7)21)6-10-17-11(15)9-4-16-19(2)12(9)18-10/h3-5H,6H2,1-2H3. The van der Waals surface area contributed by atoms with E-state index >= 15 is 0 Å². The number of hydrogen-bond acceptors (Lipinski definition) is 4. The second kappa shape index (κ2) is 5.23. The maximum atomic E-state index is 12.1. The van der Waals surface area contributed by atoms with E-state index in [4.69, 9.17) is 11.6 Å². The van der Waals surface area contributed by atoms with Crippen molar-refractivity contribution in [2.45, 2.75) is 13.5 Å². The Morgan fingerprint density at radius 1 is 1.38 bits per heavy atom. The Bertz CT molecular complexity index is 901. The average molecular weight is 369 g/mol. The van der Waals surface area contributed by atoms with Crippen LogP contribution in [0.5, 0.6) is 0 Å². The van der Waals surface area contributed by atoms with Gasteiger partial charge >= 0.3 is 0 Å². The molecule has 0 aliphatic rings. The molecule has 3 aromatic heterocycles. The molecule has 0 saturated heterocycles. The van der Waals surface area contributed by atoms with Gasteiger partial charge in [0.15, 0.2) is 11.5 Å². The maximum absolute atomic E-state index is 12.1. The van der Waals surface area contributed by atoms with Crippen LogP contribution in [0.2, 0.25) is 5.15 Å². The van der Waals surface area contributed by atoms with Crippen molar-refractivity contribution in [1.29, 1.82) is 0 Å². The van der Waals surface area contributed by atoms with E-state index in [2.05, 4.69) is 31.0 Å². The molecule has 0 aliphatic heterocycles. The lowest BCUT2D eigenvalue weighted by Gasteiger charge is -2.07. The van der Waals surface area contributed by atoms with Crippen LogP contribution in [0.1, 0.15) is 11.4 Å². The van der Waals surface area contributed by atoms with Crippen LogP contribution in [0.4, 0.5) is 0 Å². The molecule has 0 amide bonds. The lowest BCUT2D eigenvalue weighted by atomic mass is 10.3. The summed E-state index contributed by atoms with van der Waals surface area (Å²) in [4.78, 5) is 20.8. The summed E-state index contributed by atoms with van der Waals surface area (Å²) in [5.41, 5.74) is 1.21. The minimum absolute atomic E-state index is 0.0805. The highest BCUT2D eigenvalue weighted by atomic mass is 79.9. The summed E-state index contributed by atoms with van der Waals surface area (Å²) in [7, 11) is 1.78. The average Bonchev–Trinajstić information content (AvgIpc) is 2.78. The van der Waals surface area contributed by atoms with Gasteiger partial charge in [-0.05, 0) is 28.9 Å². The molecule has 6 nitrogen and oxygen atoms in total. The van der Waals surface area contributed by atoms with E-state index in [-0.39, 0.29) is 12.1 Å². The van der Waals surface area contributed by atoms with E-state index in [0.717, 1.165) is 4.47 Å². The molecule has 3 aromatic rings. The van der Waals surface area contributed by atoms with Crippen molar-refractivity contribution in [2.75, 3.05) is 0 Å². The van der Waals surface area contributed by atoms with Crippen LogP contribution in [-0.2, 0) is 13.6 Å². The number of aryl methyl sites for hydroxylation is 2. The van der Waals surface area contributed by atoms with Crippen LogP contribution in [0, 0.1) is 6.92 Å². The van der Waals surface area contributed by atoms with Gasteiger partial charge in [-0.2, -0.15) is 5.10 Å². The minimum atomic E-state index is -0.0805. The van der Waals surface area contributed by atoms with Gasteiger partial charge in [-0.15, -0.1) is 0 Å². The molecule has 0 aliphatic carbocycles. The molecule has 0 radical (unpaired) electrons. The van der Waals surface area contributed by atoms with E-state index in [0.29, 0.717) is 27.6 Å². The number of halogens is 2. The fourth-order valence-electron chi connectivity index (χ4n) is 2.11. The van der Waals surface area contributed by atoms with Gasteiger partial charge in [0, 0.05) is 23.3 Å². The molecule has 0 saturated carbocycles. The zero-order valence-electron chi connectivity index (χ0n) is 11.3. The van der Waals surface area contributed by atoms with Gasteiger partial charge < -0.3 is 4.57 Å². The largest absolute Gasteiger partial charge is 0.307 e. The zero-order valence-corrected chi connectivity index (χ0v) is 13.7. The summed E-state index contributed by atoms with van der Waals surface area (Å²) >= 11 is 9.52. The molecule has 0 atom stereocenters. The Morgan fingerprint density at radius 3 is 2.90 bits per heavy atom. The van der Waals surface area contributed by atoms with Crippen molar-refractivity contribution < 1.29 is 0 Å². The predicted octanol–water partition coefficient (Wildman–Crippen LogP) is 2.30. The molecule has 3 rings (SSSR count). The Balaban J connectivity index is 2.10. The first-order chi connectivity index (χ1) is 9.95. The van der Waals surface area contributed by atoms with Gasteiger partial charge in [0.2, 0.25) is 0 Å². The van der Waals surface area contributed by atoms with Crippen LogP contribution in [0.25, 0.3) is 11.0 Å². The van der Waals surface area contributed by atoms with Gasteiger partial charge in [-0.1, -0.05) is 11.6 Å². The monoisotopic (exact) mass is 367 g/mol. The molecule has 8 heteroatoms. The first-order valence-corrected chi connectivity index (χ1v) is 7.33. The normalized spacial score (nSPS) is 11.2. The van der Waals surface area contributed by atoms with Gasteiger partial charge in [-0.25, -0.2) is 9.97 Å². The number of hydrogen-bond donors (Lipinski definition) is 0. The Labute approximate surface area is 133 Å². The quantitative estimate of drug-likeness (QED) is 0.651. The van der Waals surface area contributed by atoms with Gasteiger partial charge in [0.25, 0.3) is 5.56 Å². The summed E-state index contributed by atoms with van der Waals surface area (Å²) in [5.74, 6) is 0.468. The van der Waals surface area contributed by atoms with E-state index in [1.165, 1.54) is 0 Å². The van der Waals surface area contributed by atoms with E-state index in [9.17, 15) is 4.79 Å². The predicted molar refractivity (Wildman–Crippen MR) is 83.6 cm³/mol. The van der Waals surface area contributed by atoms with Gasteiger partial charge in [-0.3, -0.25) is 9.48 Å². The second-order valence-electron chi connectivity index (χ2n) is 4.71. The smallest absolute Gasteiger partial charge is 0.253 e. The Hall–Kier alpha value is -1.73. The van der Waals surface area contributed by atoms with E-state index in [1.54, 1.807) is 41.7 Å². The lowest BCUT2D eigenvalue weighted by Crippen LogP contribution is -2.23. The van der Waals surface area contributed by atoms with Crippen molar-refractivity contribution in [3.63, 3.8) is 0 Å². The molecule has 0 spiro atoms. The molecule has 0 aromatic carbocycles. The molecule has 0 fully saturated rings. The number of fused-ring (bicyclic) bond motifs is 1. The summed E-state index contributed by atoms with van der Waals surface area (Å²) in [6.45, 7) is 2.02. The summed E-state index contributed by atoms with van der Waals surface area (Å²) < 4.78 is 4.00. The van der Waals surface area contributed by atoms with Crippen LogP contribution >= 0.6 is 27.5 Å². The van der Waals surface area contributed by atoms with Crippen molar-refractivity contribution in [3.8, 4) is 0 Å². The third-order valence-corrected chi connectivity index (χ3v) is 3.86. The second-order valence-corrected chi connectivity index (χ2v) is 5.98. The van der Waals surface area contributed by atoms with Gasteiger partial charge in [0.05, 0.1) is 18.1 Å². The molecule has 21 heavy (non-hydrogen) atoms. The van der Waals surface area contributed by atoms with Crippen molar-refractivity contribution in [2.24, 2.45) is 7.05 Å². The third-order valence-electron chi connectivity index (χ3n) is 3.14. The molecule has 3 heterocycles. The van der Waals surface area contributed by atoms with E-state index in [1.807, 2.05) is 0 Å². The van der Waals surface area contributed by atoms with Crippen molar-refractivity contribution in [3.05, 3.63) is 49.8 Å². The van der Waals surface area contributed by atoms with Crippen LogP contribution in [0.3, 0.4) is 0 Å². The van der Waals surface area contributed by atoms with Crippen molar-refractivity contribution >= 4 is 38.6 Å². The molecule has 0 unspecified atom stereocenters. The first-order valence-electron chi connectivity index (χ1n) is 6.16. The molecular formula is C13H11BrClN5O. The molecule has 0 bridgehead atoms. The van der Waals surface area contributed by atoms with E-state index < -0.39 is 0 Å². The maximum Gasteiger partial charge on any atom is 0.253 e. The summed E-state index contributed by atoms with van der Waals surface area (Å²) in [5, 5.41) is 5.14. The Kier molecular flexibility index (Phi) is 3.54. The number of aromatic nitrogens is 5. The highest BCUT2D eigenvalue weighted by molar-refractivity contribution is 9.10. The number of nitrogens with zero attached hydrogens (tertiary/aromatic N) is 5. The lowest BCUT2D eigenvalue weighted by molar-refractivity contribution is 0.704. The van der Waals surface area contributed by atoms with Gasteiger partial charge in [0.1, 0.15) is 5.15 Å². The van der Waals surface area contributed by atoms with Crippen molar-refractivity contribution in [1.82, 2.24) is 24.3 Å². The minimum Gasteiger partial charge on any atom is -0.307 e. The van der Waals surface area contributed by atoms with Crippen LogP contribution in [-0.4, -0.2) is 24.3 Å². The SMILES string of the molecule is Cc1cc(Br)cn(Cc2nc(Cl)c3cnn(C)c3n2)c1=O. The third kappa shape index (κ3) is 2.58. The van der Waals surface area contributed by atoms with Crippen LogP contribution in [0.15, 0.2) is 27.7 Å². The molecular weight excluding hydrogens is 358 g/mol. The Morgan fingerprint density at radius 2 is 2.14 bits per heavy atom. The first kappa shape index (κ1) is 14.2. The summed E-state index contributed by atoms with van der Waals surface area (Å²) in [6.07, 6.45) is 3.33. The summed E-state index contributed by atoms with van der Waals surface area (Å²) in [6, 6.07) is 1.77.